The highest BCUT2D eigenvalue weighted by atomic mass is 32.2. The summed E-state index contributed by atoms with van der Waals surface area (Å²) >= 11 is 0.880. The molecular formula is C11H18N2O5S2. The second kappa shape index (κ2) is 7.70. The number of hydrogen-bond donors (Lipinski definition) is 2. The van der Waals surface area contributed by atoms with Crippen molar-refractivity contribution in [3.05, 3.63) is 16.3 Å². The zero-order chi connectivity index (χ0) is 15.2. The molecule has 1 aromatic heterocycles. The lowest BCUT2D eigenvalue weighted by molar-refractivity contribution is 0.0702. The van der Waals surface area contributed by atoms with Crippen molar-refractivity contribution >= 4 is 27.3 Å². The van der Waals surface area contributed by atoms with E-state index in [2.05, 4.69) is 4.72 Å². The molecule has 0 aliphatic rings. The number of likely N-dealkylation sites (N-methyl/N-ethyl adjacent to an activating group) is 1. The molecular weight excluding hydrogens is 304 g/mol. The first-order chi connectivity index (χ1) is 9.33. The highest BCUT2D eigenvalue weighted by Crippen LogP contribution is 2.18. The third-order valence-electron chi connectivity index (χ3n) is 2.32. The Balaban J connectivity index is 2.39. The van der Waals surface area contributed by atoms with Gasteiger partial charge in [0.2, 0.25) is 10.0 Å². The Morgan fingerprint density at radius 1 is 1.45 bits per heavy atom. The third-order valence-corrected chi connectivity index (χ3v) is 4.83. The molecule has 0 unspecified atom stereocenters. The topological polar surface area (TPSA) is 95.9 Å². The summed E-state index contributed by atoms with van der Waals surface area (Å²) < 4.78 is 31.3. The molecule has 0 saturated carbocycles. The van der Waals surface area contributed by atoms with E-state index in [1.54, 1.807) is 0 Å². The van der Waals surface area contributed by atoms with Crippen molar-refractivity contribution < 1.29 is 23.1 Å². The summed E-state index contributed by atoms with van der Waals surface area (Å²) in [7, 11) is 0.169. The van der Waals surface area contributed by atoms with Gasteiger partial charge in [0.05, 0.1) is 18.1 Å². The maximum absolute atomic E-state index is 11.8. The van der Waals surface area contributed by atoms with Gasteiger partial charge in [0.15, 0.2) is 0 Å². The van der Waals surface area contributed by atoms with Gasteiger partial charge in [-0.3, -0.25) is 0 Å². The second-order valence-electron chi connectivity index (χ2n) is 4.27. The number of sulfonamides is 1. The van der Waals surface area contributed by atoms with Crippen molar-refractivity contribution in [3.8, 4) is 0 Å². The molecule has 0 spiro atoms. The normalized spacial score (nSPS) is 11.9. The first-order valence-corrected chi connectivity index (χ1v) is 8.23. The molecule has 0 atom stereocenters. The van der Waals surface area contributed by atoms with Gasteiger partial charge in [-0.15, -0.1) is 11.3 Å². The van der Waals surface area contributed by atoms with Crippen LogP contribution in [0.2, 0.25) is 0 Å². The van der Waals surface area contributed by atoms with Crippen LogP contribution in [0.1, 0.15) is 9.67 Å². The molecule has 1 aromatic rings. The van der Waals surface area contributed by atoms with Crippen LogP contribution in [0, 0.1) is 0 Å². The maximum atomic E-state index is 11.8. The van der Waals surface area contributed by atoms with E-state index < -0.39 is 16.0 Å². The van der Waals surface area contributed by atoms with Crippen LogP contribution in [0.4, 0.5) is 0 Å². The average molecular weight is 322 g/mol. The molecule has 7 nitrogen and oxygen atoms in total. The lowest BCUT2D eigenvalue weighted by Crippen LogP contribution is -2.28. The number of ether oxygens (including phenoxy) is 1. The quantitative estimate of drug-likeness (QED) is 0.635. The van der Waals surface area contributed by atoms with Gasteiger partial charge in [-0.1, -0.05) is 0 Å². The van der Waals surface area contributed by atoms with Crippen LogP contribution in [0.15, 0.2) is 16.3 Å². The molecule has 0 aromatic carbocycles. The Morgan fingerprint density at radius 3 is 2.70 bits per heavy atom. The van der Waals surface area contributed by atoms with Gasteiger partial charge in [0.1, 0.15) is 4.88 Å². The summed E-state index contributed by atoms with van der Waals surface area (Å²) in [5, 5.41) is 10.1. The number of carboxylic acid groups (broad SMARTS) is 1. The van der Waals surface area contributed by atoms with E-state index in [0.29, 0.717) is 6.61 Å². The number of rotatable bonds is 9. The number of thiophene rings is 1. The lowest BCUT2D eigenvalue weighted by Gasteiger charge is -2.10. The molecule has 1 rings (SSSR count). The average Bonchev–Trinajstić information content (AvgIpc) is 2.83. The minimum absolute atomic E-state index is 0.00684. The van der Waals surface area contributed by atoms with Gasteiger partial charge in [-0.05, 0) is 20.2 Å². The van der Waals surface area contributed by atoms with Crippen LogP contribution in [0.3, 0.4) is 0 Å². The molecule has 0 aliphatic heterocycles. The number of carbonyl (C=O) groups is 1. The summed E-state index contributed by atoms with van der Waals surface area (Å²) in [6.45, 7) is 1.70. The summed E-state index contributed by atoms with van der Waals surface area (Å²) in [6, 6.07) is 1.14. The fraction of sp³-hybridized carbons (Fsp3) is 0.545. The molecule has 0 amide bonds. The minimum atomic E-state index is -3.67. The third kappa shape index (κ3) is 5.55. The van der Waals surface area contributed by atoms with Crippen molar-refractivity contribution in [2.75, 3.05) is 40.4 Å². The Kier molecular flexibility index (Phi) is 6.56. The number of carboxylic acids is 1. The fourth-order valence-corrected chi connectivity index (χ4v) is 3.38. The van der Waals surface area contributed by atoms with Crippen LogP contribution in [-0.2, 0) is 14.8 Å². The van der Waals surface area contributed by atoms with Gasteiger partial charge in [-0.25, -0.2) is 17.9 Å². The van der Waals surface area contributed by atoms with Crippen molar-refractivity contribution in [3.63, 3.8) is 0 Å². The van der Waals surface area contributed by atoms with Gasteiger partial charge in [0, 0.05) is 18.5 Å². The van der Waals surface area contributed by atoms with Gasteiger partial charge in [-0.2, -0.15) is 0 Å². The Bertz CT molecular complexity index is 539. The van der Waals surface area contributed by atoms with Crippen molar-refractivity contribution in [1.82, 2.24) is 9.62 Å². The monoisotopic (exact) mass is 322 g/mol. The van der Waals surface area contributed by atoms with Crippen LogP contribution >= 0.6 is 11.3 Å². The standard InChI is InChI=1S/C11H18N2O5S2/c1-13(2)4-6-18-5-3-12-20(16,17)9-7-10(11(14)15)19-8-9/h7-8,12H,3-6H2,1-2H3,(H,14,15). The molecule has 1 heterocycles. The van der Waals surface area contributed by atoms with E-state index in [1.807, 2.05) is 19.0 Å². The Morgan fingerprint density at radius 2 is 2.15 bits per heavy atom. The van der Waals surface area contributed by atoms with Crippen molar-refractivity contribution in [1.29, 1.82) is 0 Å². The first kappa shape index (κ1) is 17.1. The maximum Gasteiger partial charge on any atom is 0.345 e. The molecule has 0 saturated heterocycles. The second-order valence-corrected chi connectivity index (χ2v) is 6.94. The number of hydrogen-bond acceptors (Lipinski definition) is 6. The number of nitrogens with zero attached hydrogens (tertiary/aromatic N) is 1. The van der Waals surface area contributed by atoms with Crippen molar-refractivity contribution in [2.45, 2.75) is 4.90 Å². The molecule has 2 N–H and O–H groups in total. The Hall–Kier alpha value is -1.00. The smallest absolute Gasteiger partial charge is 0.345 e. The highest BCUT2D eigenvalue weighted by molar-refractivity contribution is 7.89. The summed E-state index contributed by atoms with van der Waals surface area (Å²) in [5.41, 5.74) is 0. The molecule has 114 valence electrons. The van der Waals surface area contributed by atoms with Crippen LogP contribution in [0.25, 0.3) is 0 Å². The van der Waals surface area contributed by atoms with E-state index in [4.69, 9.17) is 9.84 Å². The van der Waals surface area contributed by atoms with Gasteiger partial charge < -0.3 is 14.7 Å². The molecule has 0 bridgehead atoms. The molecule has 9 heteroatoms. The predicted octanol–water partition coefficient (Wildman–Crippen LogP) is 0.303. The largest absolute Gasteiger partial charge is 0.477 e. The van der Waals surface area contributed by atoms with Crippen LogP contribution in [-0.4, -0.2) is 64.8 Å². The summed E-state index contributed by atoms with van der Waals surface area (Å²) in [4.78, 5) is 12.6. The predicted molar refractivity (Wildman–Crippen MR) is 75.8 cm³/mol. The molecule has 0 radical (unpaired) electrons. The van der Waals surface area contributed by atoms with Crippen molar-refractivity contribution in [2.24, 2.45) is 0 Å². The number of aromatic carboxylic acids is 1. The SMILES string of the molecule is CN(C)CCOCCNS(=O)(=O)c1csc(C(=O)O)c1. The lowest BCUT2D eigenvalue weighted by atomic mass is 10.5. The van der Waals surface area contributed by atoms with E-state index in [9.17, 15) is 13.2 Å². The molecule has 20 heavy (non-hydrogen) atoms. The van der Waals surface area contributed by atoms with E-state index in [1.165, 1.54) is 5.38 Å². The van der Waals surface area contributed by atoms with Crippen LogP contribution < -0.4 is 4.72 Å². The minimum Gasteiger partial charge on any atom is -0.477 e. The van der Waals surface area contributed by atoms with E-state index in [0.717, 1.165) is 23.9 Å². The zero-order valence-corrected chi connectivity index (χ0v) is 13.0. The molecule has 0 fully saturated rings. The van der Waals surface area contributed by atoms with Gasteiger partial charge in [0.25, 0.3) is 0 Å². The van der Waals surface area contributed by atoms with Gasteiger partial charge >= 0.3 is 5.97 Å². The van der Waals surface area contributed by atoms with E-state index in [-0.39, 0.29) is 22.9 Å². The number of nitrogens with one attached hydrogen (secondary N) is 1. The van der Waals surface area contributed by atoms with E-state index >= 15 is 0 Å². The van der Waals surface area contributed by atoms with Crippen LogP contribution in [0.5, 0.6) is 0 Å². The zero-order valence-electron chi connectivity index (χ0n) is 11.3. The summed E-state index contributed by atoms with van der Waals surface area (Å²) in [6.07, 6.45) is 0. The molecule has 0 aliphatic carbocycles. The fourth-order valence-electron chi connectivity index (χ4n) is 1.25. The summed E-state index contributed by atoms with van der Waals surface area (Å²) in [5.74, 6) is -1.14. The first-order valence-electron chi connectivity index (χ1n) is 5.87. The highest BCUT2D eigenvalue weighted by Gasteiger charge is 2.17. The Labute approximate surface area is 122 Å².